The van der Waals surface area contributed by atoms with E-state index in [0.29, 0.717) is 41.4 Å². The summed E-state index contributed by atoms with van der Waals surface area (Å²) in [5.41, 5.74) is 3.84. The maximum absolute atomic E-state index is 13.4. The van der Waals surface area contributed by atoms with E-state index in [9.17, 15) is 4.79 Å². The fourth-order valence-electron chi connectivity index (χ4n) is 3.95. The van der Waals surface area contributed by atoms with E-state index >= 15 is 0 Å². The van der Waals surface area contributed by atoms with Crippen molar-refractivity contribution in [3.63, 3.8) is 0 Å². The van der Waals surface area contributed by atoms with Crippen molar-refractivity contribution < 1.29 is 9.32 Å². The molecule has 4 aromatic heterocycles. The third kappa shape index (κ3) is 4.94. The Bertz CT molecular complexity index is 1280. The highest BCUT2D eigenvalue weighted by atomic mass is 16.5. The molecule has 33 heavy (non-hydrogen) atoms. The van der Waals surface area contributed by atoms with Crippen LogP contribution in [0.1, 0.15) is 66.8 Å². The van der Waals surface area contributed by atoms with E-state index in [0.717, 1.165) is 30.7 Å². The molecule has 1 N–H and O–H groups in total. The molecular formula is C25H28N6O2. The van der Waals surface area contributed by atoms with Crippen molar-refractivity contribution in [2.24, 2.45) is 5.41 Å². The zero-order valence-corrected chi connectivity index (χ0v) is 19.2. The summed E-state index contributed by atoms with van der Waals surface area (Å²) < 4.78 is 7.40. The zero-order valence-electron chi connectivity index (χ0n) is 19.2. The van der Waals surface area contributed by atoms with Crippen LogP contribution in [0.2, 0.25) is 0 Å². The molecule has 0 spiro atoms. The largest absolute Gasteiger partial charge is 0.336 e. The van der Waals surface area contributed by atoms with Gasteiger partial charge in [0.25, 0.3) is 11.6 Å². The fraction of sp³-hybridized carbons (Fsp3) is 0.400. The number of amides is 1. The summed E-state index contributed by atoms with van der Waals surface area (Å²) >= 11 is 0. The summed E-state index contributed by atoms with van der Waals surface area (Å²) in [5.74, 6) is 0.688. The van der Waals surface area contributed by atoms with Gasteiger partial charge >= 0.3 is 0 Å². The Hall–Kier alpha value is -3.55. The van der Waals surface area contributed by atoms with Gasteiger partial charge in [-0.2, -0.15) is 5.10 Å². The number of carbonyl (C=O) groups excluding carboxylic acids is 1. The second-order valence-electron chi connectivity index (χ2n) is 9.94. The molecule has 0 aromatic carbocycles. The molecule has 0 bridgehead atoms. The van der Waals surface area contributed by atoms with Crippen molar-refractivity contribution in [1.29, 1.82) is 0 Å². The molecule has 170 valence electrons. The topological polar surface area (TPSA) is 98.7 Å². The Morgan fingerprint density at radius 3 is 2.73 bits per heavy atom. The van der Waals surface area contributed by atoms with Crippen LogP contribution in [0.25, 0.3) is 11.1 Å². The number of carbonyl (C=O) groups is 1. The first-order chi connectivity index (χ1) is 15.9. The number of aromatic nitrogens is 5. The lowest BCUT2D eigenvalue weighted by molar-refractivity contribution is 0.102. The molecule has 0 unspecified atom stereocenters. The lowest BCUT2D eigenvalue weighted by atomic mass is 9.89. The lowest BCUT2D eigenvalue weighted by Gasteiger charge is -2.16. The number of aryl methyl sites for hydroxylation is 2. The van der Waals surface area contributed by atoms with Crippen LogP contribution in [-0.2, 0) is 19.4 Å². The van der Waals surface area contributed by atoms with Crippen LogP contribution in [0.3, 0.4) is 0 Å². The van der Waals surface area contributed by atoms with Gasteiger partial charge < -0.3 is 9.84 Å². The van der Waals surface area contributed by atoms with E-state index in [2.05, 4.69) is 46.3 Å². The van der Waals surface area contributed by atoms with E-state index in [1.54, 1.807) is 12.4 Å². The number of hydrogen-bond donors (Lipinski definition) is 1. The second kappa shape index (κ2) is 8.42. The first-order valence-electron chi connectivity index (χ1n) is 11.4. The highest BCUT2D eigenvalue weighted by molar-refractivity contribution is 6.12. The predicted molar refractivity (Wildman–Crippen MR) is 125 cm³/mol. The zero-order chi connectivity index (χ0) is 23.0. The highest BCUT2D eigenvalue weighted by Gasteiger charge is 2.30. The van der Waals surface area contributed by atoms with Crippen LogP contribution in [-0.4, -0.2) is 30.8 Å². The molecule has 1 fully saturated rings. The van der Waals surface area contributed by atoms with Crippen molar-refractivity contribution >= 4 is 22.8 Å². The van der Waals surface area contributed by atoms with Gasteiger partial charge in [0.1, 0.15) is 0 Å². The van der Waals surface area contributed by atoms with E-state index in [4.69, 9.17) is 4.52 Å². The first-order valence-corrected chi connectivity index (χ1v) is 11.4. The Labute approximate surface area is 192 Å². The van der Waals surface area contributed by atoms with Crippen LogP contribution in [0.5, 0.6) is 0 Å². The highest BCUT2D eigenvalue weighted by Crippen LogP contribution is 2.41. The summed E-state index contributed by atoms with van der Waals surface area (Å²) in [7, 11) is 0. The molecule has 8 heteroatoms. The van der Waals surface area contributed by atoms with Gasteiger partial charge in [-0.15, -0.1) is 0 Å². The molecule has 0 radical (unpaired) electrons. The van der Waals surface area contributed by atoms with Gasteiger partial charge in [-0.25, -0.2) is 4.98 Å². The van der Waals surface area contributed by atoms with Crippen molar-refractivity contribution in [2.75, 3.05) is 5.32 Å². The Kier molecular flexibility index (Phi) is 5.44. The van der Waals surface area contributed by atoms with Crippen molar-refractivity contribution in [3.8, 4) is 0 Å². The Balaban J connectivity index is 1.38. The van der Waals surface area contributed by atoms with Crippen molar-refractivity contribution in [1.82, 2.24) is 24.9 Å². The van der Waals surface area contributed by atoms with E-state index in [1.807, 2.05) is 35.1 Å². The summed E-state index contributed by atoms with van der Waals surface area (Å²) in [4.78, 5) is 22.1. The molecule has 4 aromatic rings. The minimum atomic E-state index is -0.220. The minimum absolute atomic E-state index is 0.000302. The quantitative estimate of drug-likeness (QED) is 0.441. The molecule has 1 amide bonds. The molecule has 8 nitrogen and oxygen atoms in total. The first kappa shape index (κ1) is 21.3. The molecule has 1 aliphatic rings. The van der Waals surface area contributed by atoms with Gasteiger partial charge in [-0.05, 0) is 54.9 Å². The maximum Gasteiger partial charge on any atom is 0.259 e. The molecule has 0 aliphatic heterocycles. The number of rotatable bonds is 7. The smallest absolute Gasteiger partial charge is 0.259 e. The van der Waals surface area contributed by atoms with E-state index < -0.39 is 0 Å². The minimum Gasteiger partial charge on any atom is -0.336 e. The predicted octanol–water partition coefficient (Wildman–Crippen LogP) is 4.78. The molecule has 4 heterocycles. The van der Waals surface area contributed by atoms with Gasteiger partial charge in [0, 0.05) is 42.8 Å². The molecule has 1 saturated carbocycles. The van der Waals surface area contributed by atoms with Crippen molar-refractivity contribution in [2.45, 2.75) is 58.9 Å². The normalized spacial score (nSPS) is 14.0. The number of anilines is 1. The molecule has 0 atom stereocenters. The monoisotopic (exact) mass is 444 g/mol. The number of fused-ring (bicyclic) bond motifs is 1. The summed E-state index contributed by atoms with van der Waals surface area (Å²) in [6, 6.07) is 7.70. The lowest BCUT2D eigenvalue weighted by Crippen LogP contribution is -2.16. The molecule has 0 saturated heterocycles. The average molecular weight is 445 g/mol. The average Bonchev–Trinajstić information content (AvgIpc) is 3.43. The maximum atomic E-state index is 13.4. The van der Waals surface area contributed by atoms with Gasteiger partial charge in [0.2, 0.25) is 0 Å². The van der Waals surface area contributed by atoms with Gasteiger partial charge in [-0.3, -0.25) is 14.5 Å². The molecule has 1 aliphatic carbocycles. The summed E-state index contributed by atoms with van der Waals surface area (Å²) in [5, 5.41) is 12.4. The van der Waals surface area contributed by atoms with Gasteiger partial charge in [-0.1, -0.05) is 25.9 Å². The summed E-state index contributed by atoms with van der Waals surface area (Å²) in [6.45, 7) is 7.13. The van der Waals surface area contributed by atoms with E-state index in [1.165, 1.54) is 5.56 Å². The van der Waals surface area contributed by atoms with Gasteiger partial charge in [0.15, 0.2) is 5.82 Å². The number of hydrogen-bond acceptors (Lipinski definition) is 6. The third-order valence-electron chi connectivity index (χ3n) is 5.74. The van der Waals surface area contributed by atoms with Crippen LogP contribution in [0.4, 0.5) is 5.82 Å². The van der Waals surface area contributed by atoms with E-state index in [-0.39, 0.29) is 11.3 Å². The molecule has 5 rings (SSSR count). The number of nitrogens with one attached hydrogen (secondary N) is 1. The summed E-state index contributed by atoms with van der Waals surface area (Å²) in [6.07, 6.45) is 9.15. The van der Waals surface area contributed by atoms with Crippen LogP contribution in [0, 0.1) is 5.41 Å². The number of pyridine rings is 2. The van der Waals surface area contributed by atoms with Crippen LogP contribution < -0.4 is 5.32 Å². The van der Waals surface area contributed by atoms with Gasteiger partial charge in [0.05, 0.1) is 16.6 Å². The SMILES string of the molecule is CC(C)(C)Cc1noc2nc(C3CC3)cc(C(=O)Nc3ccn(CCc4ccncc4)n3)c12. The fourth-order valence-corrected chi connectivity index (χ4v) is 3.95. The van der Waals surface area contributed by atoms with Crippen LogP contribution >= 0.6 is 0 Å². The number of nitrogens with zero attached hydrogens (tertiary/aromatic N) is 5. The molecular weight excluding hydrogens is 416 g/mol. The standard InChI is InChI=1S/C25H28N6O2/c1-25(2,3)15-20-22-18(14-19(17-4-5-17)27-24(22)33-30-20)23(32)28-21-9-13-31(29-21)12-8-16-6-10-26-11-7-16/h6-7,9-11,13-14,17H,4-5,8,12,15H2,1-3H3,(H,28,29,32). The Morgan fingerprint density at radius 1 is 1.21 bits per heavy atom. The van der Waals surface area contributed by atoms with Crippen molar-refractivity contribution in [3.05, 3.63) is 65.4 Å². The third-order valence-corrected chi connectivity index (χ3v) is 5.74. The Morgan fingerprint density at radius 2 is 2.00 bits per heavy atom. The van der Waals surface area contributed by atoms with Crippen LogP contribution in [0.15, 0.2) is 47.4 Å². The second-order valence-corrected chi connectivity index (χ2v) is 9.94.